The lowest BCUT2D eigenvalue weighted by Crippen LogP contribution is -2.48. The van der Waals surface area contributed by atoms with Crippen molar-refractivity contribution in [1.82, 2.24) is 19.6 Å². The van der Waals surface area contributed by atoms with Crippen molar-refractivity contribution in [3.05, 3.63) is 41.3 Å². The number of ether oxygens (including phenoxy) is 1. The topological polar surface area (TPSA) is 87.8 Å². The van der Waals surface area contributed by atoms with Crippen LogP contribution in [0.25, 0.3) is 5.65 Å². The molecular weight excluding hydrogens is 485 g/mol. The van der Waals surface area contributed by atoms with Gasteiger partial charge in [-0.25, -0.2) is 9.50 Å². The first-order chi connectivity index (χ1) is 16.5. The third kappa shape index (κ3) is 4.97. The summed E-state index contributed by atoms with van der Waals surface area (Å²) < 4.78 is 44.6. The molecule has 2 aliphatic rings. The van der Waals surface area contributed by atoms with Crippen LogP contribution in [0.3, 0.4) is 0 Å². The molecule has 0 radical (unpaired) electrons. The summed E-state index contributed by atoms with van der Waals surface area (Å²) in [5.41, 5.74) is 0.252. The minimum absolute atomic E-state index is 0.0526. The zero-order chi connectivity index (χ0) is 25.0. The molecule has 1 unspecified atom stereocenters. The van der Waals surface area contributed by atoms with Crippen LogP contribution in [0.1, 0.15) is 32.4 Å². The van der Waals surface area contributed by atoms with Crippen LogP contribution in [-0.2, 0) is 5.60 Å². The standard InChI is InChI=1S/C23H26ClF3N6O2/c1-22(2,34)17-6-5-16(35-12-23(25,26)27)20-30-21(31-33(17)20)29-19-13-3-4-14(19)11-32(10-13)15-7-8-28-18(24)9-15/h5-9,13-14,19,34H,3-4,10-12H2,1-2H3,(H,29,31)/t13-,14+,19?. The molecule has 1 saturated carbocycles. The smallest absolute Gasteiger partial charge is 0.422 e. The fraction of sp³-hybridized carbons (Fsp3) is 0.522. The second-order valence-electron chi connectivity index (χ2n) is 9.73. The quantitative estimate of drug-likeness (QED) is 0.479. The van der Waals surface area contributed by atoms with Crippen molar-refractivity contribution in [3.8, 4) is 5.75 Å². The lowest BCUT2D eigenvalue weighted by Gasteiger charge is -2.39. The number of aliphatic hydroxyl groups is 1. The molecule has 5 rings (SSSR count). The molecule has 35 heavy (non-hydrogen) atoms. The van der Waals surface area contributed by atoms with Crippen LogP contribution in [0.5, 0.6) is 5.75 Å². The third-order valence-corrected chi connectivity index (χ3v) is 6.88. The van der Waals surface area contributed by atoms with E-state index in [1.54, 1.807) is 20.0 Å². The summed E-state index contributed by atoms with van der Waals surface area (Å²) in [7, 11) is 0. The van der Waals surface area contributed by atoms with Crippen molar-refractivity contribution in [3.63, 3.8) is 0 Å². The normalized spacial score (nSPS) is 22.6. The van der Waals surface area contributed by atoms with Gasteiger partial charge in [0.15, 0.2) is 18.0 Å². The SMILES string of the molecule is CC(C)(O)c1ccc(OCC(F)(F)F)c2nc(NC3[C@@H]4CC[C@H]3CN(c3ccnc(Cl)c3)C4)nn12. The van der Waals surface area contributed by atoms with E-state index in [9.17, 15) is 18.3 Å². The van der Waals surface area contributed by atoms with Crippen molar-refractivity contribution in [1.29, 1.82) is 0 Å². The zero-order valence-corrected chi connectivity index (χ0v) is 20.0. The number of rotatable bonds is 6. The molecule has 2 N–H and O–H groups in total. The van der Waals surface area contributed by atoms with Gasteiger partial charge in [0.1, 0.15) is 10.8 Å². The number of halogens is 4. The van der Waals surface area contributed by atoms with Gasteiger partial charge in [0.25, 0.3) is 0 Å². The highest BCUT2D eigenvalue weighted by Gasteiger charge is 2.43. The Balaban J connectivity index is 1.40. The maximum Gasteiger partial charge on any atom is 0.422 e. The number of nitrogens with one attached hydrogen (secondary N) is 1. The van der Waals surface area contributed by atoms with E-state index in [1.807, 2.05) is 12.1 Å². The molecule has 3 aromatic rings. The Morgan fingerprint density at radius 1 is 1.17 bits per heavy atom. The first-order valence-electron chi connectivity index (χ1n) is 11.4. The number of aromatic nitrogens is 4. The molecule has 0 amide bonds. The minimum atomic E-state index is -4.49. The first kappa shape index (κ1) is 23.9. The van der Waals surface area contributed by atoms with E-state index in [0.29, 0.717) is 28.6 Å². The summed E-state index contributed by atoms with van der Waals surface area (Å²) in [5.74, 6) is 0.910. The molecule has 0 aromatic carbocycles. The number of piperidine rings is 1. The number of nitrogens with zero attached hydrogens (tertiary/aromatic N) is 5. The Bertz CT molecular complexity index is 1210. The van der Waals surface area contributed by atoms with Gasteiger partial charge in [-0.05, 0) is 62.8 Å². The van der Waals surface area contributed by atoms with Crippen LogP contribution < -0.4 is 15.0 Å². The predicted molar refractivity (Wildman–Crippen MR) is 125 cm³/mol. The summed E-state index contributed by atoms with van der Waals surface area (Å²) in [4.78, 5) is 10.8. The predicted octanol–water partition coefficient (Wildman–Crippen LogP) is 4.27. The summed E-state index contributed by atoms with van der Waals surface area (Å²) >= 11 is 6.07. The molecule has 1 aliphatic carbocycles. The Morgan fingerprint density at radius 3 is 2.51 bits per heavy atom. The summed E-state index contributed by atoms with van der Waals surface area (Å²) in [6.07, 6.45) is -0.706. The molecule has 2 bridgehead atoms. The van der Waals surface area contributed by atoms with E-state index in [0.717, 1.165) is 31.6 Å². The van der Waals surface area contributed by atoms with E-state index in [1.165, 1.54) is 16.6 Å². The molecule has 188 valence electrons. The van der Waals surface area contributed by atoms with Crippen LogP contribution >= 0.6 is 11.6 Å². The highest BCUT2D eigenvalue weighted by Crippen LogP contribution is 2.40. The number of alkyl halides is 3. The number of fused-ring (bicyclic) bond motifs is 3. The van der Waals surface area contributed by atoms with E-state index in [4.69, 9.17) is 16.3 Å². The molecule has 3 aromatic heterocycles. The summed E-state index contributed by atoms with van der Waals surface area (Å²) in [6, 6.07) is 6.81. The molecule has 1 aliphatic heterocycles. The van der Waals surface area contributed by atoms with Gasteiger partial charge in [-0.1, -0.05) is 11.6 Å². The van der Waals surface area contributed by atoms with Gasteiger partial charge >= 0.3 is 6.18 Å². The average Bonchev–Trinajstić information content (AvgIpc) is 3.27. The minimum Gasteiger partial charge on any atom is -0.480 e. The van der Waals surface area contributed by atoms with Crippen LogP contribution in [0.4, 0.5) is 24.8 Å². The lowest BCUT2D eigenvalue weighted by atomic mass is 9.92. The highest BCUT2D eigenvalue weighted by atomic mass is 35.5. The van der Waals surface area contributed by atoms with Gasteiger partial charge in [0, 0.05) is 31.0 Å². The van der Waals surface area contributed by atoms with Gasteiger partial charge in [0.2, 0.25) is 5.95 Å². The molecule has 3 atom stereocenters. The summed E-state index contributed by atoms with van der Waals surface area (Å²) in [5, 5.41) is 18.9. The molecule has 0 spiro atoms. The van der Waals surface area contributed by atoms with Crippen molar-refractivity contribution in [2.75, 3.05) is 29.9 Å². The van der Waals surface area contributed by atoms with Gasteiger partial charge in [-0.15, -0.1) is 5.10 Å². The number of hydrogen-bond donors (Lipinski definition) is 2. The van der Waals surface area contributed by atoms with E-state index in [2.05, 4.69) is 25.3 Å². The van der Waals surface area contributed by atoms with E-state index < -0.39 is 18.4 Å². The van der Waals surface area contributed by atoms with Gasteiger partial charge in [-0.3, -0.25) is 0 Å². The Kier molecular flexibility index (Phi) is 5.95. The van der Waals surface area contributed by atoms with Crippen molar-refractivity contribution < 1.29 is 23.0 Å². The average molecular weight is 511 g/mol. The van der Waals surface area contributed by atoms with E-state index in [-0.39, 0.29) is 17.4 Å². The number of anilines is 2. The Labute approximate surface area is 205 Å². The molecule has 4 heterocycles. The Morgan fingerprint density at radius 2 is 1.89 bits per heavy atom. The molecule has 8 nitrogen and oxygen atoms in total. The number of hydrogen-bond acceptors (Lipinski definition) is 7. The fourth-order valence-corrected chi connectivity index (χ4v) is 5.31. The van der Waals surface area contributed by atoms with Crippen LogP contribution in [0.15, 0.2) is 30.5 Å². The molecule has 12 heteroatoms. The van der Waals surface area contributed by atoms with Crippen molar-refractivity contribution in [2.45, 2.75) is 44.5 Å². The van der Waals surface area contributed by atoms with E-state index >= 15 is 0 Å². The number of pyridine rings is 2. The molecule has 1 saturated heterocycles. The van der Waals surface area contributed by atoms with Gasteiger partial charge in [-0.2, -0.15) is 18.2 Å². The molecule has 2 fully saturated rings. The van der Waals surface area contributed by atoms with Crippen LogP contribution in [0, 0.1) is 11.8 Å². The van der Waals surface area contributed by atoms with Crippen LogP contribution in [0.2, 0.25) is 5.15 Å². The summed E-state index contributed by atoms with van der Waals surface area (Å²) in [6.45, 7) is 3.37. The fourth-order valence-electron chi connectivity index (χ4n) is 5.14. The molecular formula is C23H26ClF3N6O2. The van der Waals surface area contributed by atoms with Gasteiger partial charge in [0.05, 0.1) is 5.69 Å². The van der Waals surface area contributed by atoms with Crippen molar-refractivity contribution in [2.24, 2.45) is 11.8 Å². The zero-order valence-electron chi connectivity index (χ0n) is 19.3. The maximum absolute atomic E-state index is 12.8. The maximum atomic E-state index is 12.8. The second-order valence-corrected chi connectivity index (χ2v) is 10.1. The lowest BCUT2D eigenvalue weighted by molar-refractivity contribution is -0.153. The van der Waals surface area contributed by atoms with Crippen molar-refractivity contribution >= 4 is 28.9 Å². The Hall–Kier alpha value is -2.79. The van der Waals surface area contributed by atoms with Crippen LogP contribution in [-0.4, -0.2) is 56.6 Å². The first-order valence-corrected chi connectivity index (χ1v) is 11.8. The van der Waals surface area contributed by atoms with Gasteiger partial charge < -0.3 is 20.1 Å². The second kappa shape index (κ2) is 8.70. The third-order valence-electron chi connectivity index (χ3n) is 6.67. The highest BCUT2D eigenvalue weighted by molar-refractivity contribution is 6.29. The monoisotopic (exact) mass is 510 g/mol. The largest absolute Gasteiger partial charge is 0.480 e.